The number of hydrogen-bond donors (Lipinski definition) is 0. The standard InChI is InChI=1S/C9H19F/c1-7(2)5-6-8(3)9(4)10/h7-9H,5-6H2,1-4H3/t8-,9-/m1/s1. The Kier molecular flexibility index (Phi) is 4.67. The maximum Gasteiger partial charge on any atom is 0.0998 e. The summed E-state index contributed by atoms with van der Waals surface area (Å²) in [6.45, 7) is 7.98. The average molecular weight is 146 g/mol. The van der Waals surface area contributed by atoms with Crippen molar-refractivity contribution in [2.75, 3.05) is 0 Å². The van der Waals surface area contributed by atoms with Crippen molar-refractivity contribution < 1.29 is 4.39 Å². The highest BCUT2D eigenvalue weighted by molar-refractivity contribution is 4.60. The van der Waals surface area contributed by atoms with Gasteiger partial charge in [-0.25, -0.2) is 4.39 Å². The second kappa shape index (κ2) is 4.70. The lowest BCUT2D eigenvalue weighted by Gasteiger charge is -2.13. The predicted octanol–water partition coefficient (Wildman–Crippen LogP) is 3.42. The minimum Gasteiger partial charge on any atom is -0.248 e. The van der Waals surface area contributed by atoms with Crippen LogP contribution in [-0.4, -0.2) is 6.17 Å². The molecular weight excluding hydrogens is 127 g/mol. The molecule has 0 saturated heterocycles. The number of hydrogen-bond acceptors (Lipinski definition) is 0. The summed E-state index contributed by atoms with van der Waals surface area (Å²) in [5.41, 5.74) is 0. The van der Waals surface area contributed by atoms with Crippen LogP contribution in [0, 0.1) is 11.8 Å². The van der Waals surface area contributed by atoms with Crippen molar-refractivity contribution in [1.29, 1.82) is 0 Å². The second-order valence-corrected chi connectivity index (χ2v) is 3.63. The molecule has 0 heterocycles. The van der Waals surface area contributed by atoms with Crippen LogP contribution in [0.25, 0.3) is 0 Å². The van der Waals surface area contributed by atoms with Crippen molar-refractivity contribution in [1.82, 2.24) is 0 Å². The van der Waals surface area contributed by atoms with Gasteiger partial charge in [0, 0.05) is 0 Å². The molecular formula is C9H19F. The van der Waals surface area contributed by atoms with E-state index >= 15 is 0 Å². The minimum atomic E-state index is -0.640. The van der Waals surface area contributed by atoms with Gasteiger partial charge in [-0.15, -0.1) is 0 Å². The lowest BCUT2D eigenvalue weighted by atomic mass is 9.96. The van der Waals surface area contributed by atoms with Crippen LogP contribution in [-0.2, 0) is 0 Å². The van der Waals surface area contributed by atoms with Gasteiger partial charge in [0.05, 0.1) is 6.17 Å². The summed E-state index contributed by atoms with van der Waals surface area (Å²) in [7, 11) is 0. The Labute approximate surface area is 63.8 Å². The second-order valence-electron chi connectivity index (χ2n) is 3.63. The summed E-state index contributed by atoms with van der Waals surface area (Å²) in [5.74, 6) is 0.948. The van der Waals surface area contributed by atoms with Gasteiger partial charge in [0.2, 0.25) is 0 Å². The molecule has 0 bridgehead atoms. The average Bonchev–Trinajstić information content (AvgIpc) is 1.82. The van der Waals surface area contributed by atoms with Gasteiger partial charge in [-0.3, -0.25) is 0 Å². The van der Waals surface area contributed by atoms with Crippen molar-refractivity contribution in [3.05, 3.63) is 0 Å². The van der Waals surface area contributed by atoms with E-state index in [4.69, 9.17) is 0 Å². The highest BCUT2D eigenvalue weighted by Crippen LogP contribution is 2.16. The Morgan fingerprint density at radius 1 is 1.00 bits per heavy atom. The quantitative estimate of drug-likeness (QED) is 0.570. The Balaban J connectivity index is 3.30. The van der Waals surface area contributed by atoms with Crippen LogP contribution < -0.4 is 0 Å². The van der Waals surface area contributed by atoms with Gasteiger partial charge in [0.25, 0.3) is 0 Å². The Morgan fingerprint density at radius 3 is 1.80 bits per heavy atom. The van der Waals surface area contributed by atoms with Gasteiger partial charge in [0.15, 0.2) is 0 Å². The monoisotopic (exact) mass is 146 g/mol. The summed E-state index contributed by atoms with van der Waals surface area (Å²) in [5, 5.41) is 0. The maximum absolute atomic E-state index is 12.5. The Morgan fingerprint density at radius 2 is 1.50 bits per heavy atom. The Hall–Kier alpha value is -0.0700. The van der Waals surface area contributed by atoms with Crippen LogP contribution in [0.4, 0.5) is 4.39 Å². The van der Waals surface area contributed by atoms with Gasteiger partial charge in [-0.05, 0) is 25.2 Å². The van der Waals surface area contributed by atoms with Gasteiger partial charge in [0.1, 0.15) is 0 Å². The van der Waals surface area contributed by atoms with E-state index in [2.05, 4.69) is 13.8 Å². The van der Waals surface area contributed by atoms with Gasteiger partial charge < -0.3 is 0 Å². The first-order chi connectivity index (χ1) is 4.54. The first-order valence-electron chi connectivity index (χ1n) is 4.18. The lowest BCUT2D eigenvalue weighted by Crippen LogP contribution is -2.08. The molecule has 0 spiro atoms. The van der Waals surface area contributed by atoms with Crippen LogP contribution >= 0.6 is 0 Å². The number of halogens is 1. The molecule has 0 aromatic heterocycles. The van der Waals surface area contributed by atoms with E-state index in [0.717, 1.165) is 12.8 Å². The lowest BCUT2D eigenvalue weighted by molar-refractivity contribution is 0.243. The molecule has 0 saturated carbocycles. The SMILES string of the molecule is CC(C)CC[C@@H](C)[C@@H](C)F. The fraction of sp³-hybridized carbons (Fsp3) is 1.00. The summed E-state index contributed by atoms with van der Waals surface area (Å²) < 4.78 is 12.5. The molecule has 2 atom stereocenters. The van der Waals surface area contributed by atoms with E-state index < -0.39 is 6.17 Å². The maximum atomic E-state index is 12.5. The Bertz CT molecular complexity index is 76.8. The molecule has 0 amide bonds. The van der Waals surface area contributed by atoms with Crippen molar-refractivity contribution in [3.8, 4) is 0 Å². The smallest absolute Gasteiger partial charge is 0.0998 e. The third-order valence-corrected chi connectivity index (χ3v) is 1.98. The molecule has 0 aliphatic rings. The molecule has 10 heavy (non-hydrogen) atoms. The summed E-state index contributed by atoms with van der Waals surface area (Å²) in [6.07, 6.45) is 1.53. The van der Waals surface area contributed by atoms with Crippen LogP contribution in [0.5, 0.6) is 0 Å². The topological polar surface area (TPSA) is 0 Å². The molecule has 0 rings (SSSR count). The first kappa shape index (κ1) is 9.93. The summed E-state index contributed by atoms with van der Waals surface area (Å²) >= 11 is 0. The summed E-state index contributed by atoms with van der Waals surface area (Å²) in [4.78, 5) is 0. The van der Waals surface area contributed by atoms with Crippen LogP contribution in [0.1, 0.15) is 40.5 Å². The molecule has 0 N–H and O–H groups in total. The van der Waals surface area contributed by atoms with E-state index in [1.54, 1.807) is 6.92 Å². The first-order valence-corrected chi connectivity index (χ1v) is 4.18. The summed E-state index contributed by atoms with van der Waals surface area (Å²) in [6, 6.07) is 0. The zero-order valence-electron chi connectivity index (χ0n) is 7.52. The third-order valence-electron chi connectivity index (χ3n) is 1.98. The fourth-order valence-electron chi connectivity index (χ4n) is 0.826. The molecule has 0 aromatic rings. The predicted molar refractivity (Wildman–Crippen MR) is 43.8 cm³/mol. The van der Waals surface area contributed by atoms with Crippen molar-refractivity contribution in [3.63, 3.8) is 0 Å². The van der Waals surface area contributed by atoms with Crippen LogP contribution in [0.15, 0.2) is 0 Å². The van der Waals surface area contributed by atoms with Crippen molar-refractivity contribution in [2.45, 2.75) is 46.7 Å². The largest absolute Gasteiger partial charge is 0.248 e. The highest BCUT2D eigenvalue weighted by atomic mass is 19.1. The zero-order chi connectivity index (χ0) is 8.15. The van der Waals surface area contributed by atoms with Gasteiger partial charge >= 0.3 is 0 Å². The van der Waals surface area contributed by atoms with E-state index in [1.807, 2.05) is 6.92 Å². The fourth-order valence-corrected chi connectivity index (χ4v) is 0.826. The molecule has 0 radical (unpaired) electrons. The molecule has 0 aliphatic carbocycles. The van der Waals surface area contributed by atoms with Crippen LogP contribution in [0.3, 0.4) is 0 Å². The van der Waals surface area contributed by atoms with E-state index in [9.17, 15) is 4.39 Å². The molecule has 0 nitrogen and oxygen atoms in total. The molecule has 62 valence electrons. The molecule has 0 aliphatic heterocycles. The molecule has 0 fully saturated rings. The number of rotatable bonds is 4. The van der Waals surface area contributed by atoms with Crippen LogP contribution in [0.2, 0.25) is 0 Å². The van der Waals surface area contributed by atoms with Crippen molar-refractivity contribution in [2.24, 2.45) is 11.8 Å². The molecule has 0 aromatic carbocycles. The normalized spacial score (nSPS) is 17.4. The van der Waals surface area contributed by atoms with E-state index in [0.29, 0.717) is 5.92 Å². The third kappa shape index (κ3) is 4.78. The van der Waals surface area contributed by atoms with Gasteiger partial charge in [-0.2, -0.15) is 0 Å². The van der Waals surface area contributed by atoms with Gasteiger partial charge in [-0.1, -0.05) is 27.2 Å². The van der Waals surface area contributed by atoms with E-state index in [1.165, 1.54) is 0 Å². The van der Waals surface area contributed by atoms with E-state index in [-0.39, 0.29) is 5.92 Å². The van der Waals surface area contributed by atoms with Crippen molar-refractivity contribution >= 4 is 0 Å². The zero-order valence-corrected chi connectivity index (χ0v) is 7.52. The molecule has 0 unspecified atom stereocenters. The highest BCUT2D eigenvalue weighted by Gasteiger charge is 2.10. The molecule has 1 heteroatoms. The number of alkyl halides is 1. The minimum absolute atomic E-state index is 0.238.